The van der Waals surface area contributed by atoms with Gasteiger partial charge >= 0.3 is 0 Å². The Labute approximate surface area is 110 Å². The standard InChI is InChI=1S/C9H9I2NO2/c10-3-4-12-9(14)6-1-2-7(11)8(13)5-6/h1-2,5,13H,3-4H2,(H,12,14). The van der Waals surface area contributed by atoms with Crippen LogP contribution in [0.1, 0.15) is 10.4 Å². The van der Waals surface area contributed by atoms with E-state index in [0.717, 1.165) is 8.00 Å². The predicted octanol–water partition coefficient (Wildman–Crippen LogP) is 2.16. The van der Waals surface area contributed by atoms with Crippen molar-refractivity contribution in [2.75, 3.05) is 11.0 Å². The maximum absolute atomic E-state index is 11.4. The Bertz CT molecular complexity index is 342. The van der Waals surface area contributed by atoms with Gasteiger partial charge in [0, 0.05) is 16.5 Å². The number of nitrogens with one attached hydrogen (secondary N) is 1. The second kappa shape index (κ2) is 5.74. The summed E-state index contributed by atoms with van der Waals surface area (Å²) in [7, 11) is 0. The molecular formula is C9H9I2NO2. The first kappa shape index (κ1) is 12.0. The highest BCUT2D eigenvalue weighted by molar-refractivity contribution is 14.1. The van der Waals surface area contributed by atoms with E-state index < -0.39 is 0 Å². The van der Waals surface area contributed by atoms with Gasteiger partial charge in [0.2, 0.25) is 0 Å². The number of phenols is 1. The molecule has 0 saturated heterocycles. The molecule has 0 aromatic heterocycles. The second-order valence-electron chi connectivity index (χ2n) is 2.61. The molecule has 0 saturated carbocycles. The number of hydrogen-bond acceptors (Lipinski definition) is 2. The molecule has 0 aliphatic heterocycles. The number of carbonyl (C=O) groups is 1. The van der Waals surface area contributed by atoms with Gasteiger partial charge in [-0.1, -0.05) is 22.6 Å². The topological polar surface area (TPSA) is 49.3 Å². The van der Waals surface area contributed by atoms with Crippen LogP contribution in [0.5, 0.6) is 5.75 Å². The Morgan fingerprint density at radius 3 is 2.79 bits per heavy atom. The number of benzene rings is 1. The molecule has 2 N–H and O–H groups in total. The van der Waals surface area contributed by atoms with E-state index >= 15 is 0 Å². The molecule has 1 amide bonds. The maximum atomic E-state index is 11.4. The molecule has 0 heterocycles. The molecule has 0 aliphatic rings. The van der Waals surface area contributed by atoms with Gasteiger partial charge in [0.05, 0.1) is 3.57 Å². The van der Waals surface area contributed by atoms with Crippen LogP contribution >= 0.6 is 45.2 Å². The summed E-state index contributed by atoms with van der Waals surface area (Å²) in [4.78, 5) is 11.4. The van der Waals surface area contributed by atoms with E-state index in [2.05, 4.69) is 27.9 Å². The molecule has 0 bridgehead atoms. The lowest BCUT2D eigenvalue weighted by Crippen LogP contribution is -2.25. The number of hydrogen-bond donors (Lipinski definition) is 2. The lowest BCUT2D eigenvalue weighted by molar-refractivity contribution is 0.0956. The Kier molecular flexibility index (Phi) is 4.93. The predicted molar refractivity (Wildman–Crippen MR) is 72.0 cm³/mol. The molecule has 0 radical (unpaired) electrons. The molecule has 1 aromatic carbocycles. The van der Waals surface area contributed by atoms with E-state index in [1.54, 1.807) is 12.1 Å². The van der Waals surface area contributed by atoms with Crippen LogP contribution in [-0.4, -0.2) is 22.0 Å². The molecule has 1 rings (SSSR count). The van der Waals surface area contributed by atoms with Crippen molar-refractivity contribution in [3.8, 4) is 5.75 Å². The van der Waals surface area contributed by atoms with Gasteiger partial charge in [-0.05, 0) is 40.8 Å². The minimum atomic E-state index is -0.145. The average molecular weight is 417 g/mol. The van der Waals surface area contributed by atoms with Gasteiger partial charge in [-0.15, -0.1) is 0 Å². The van der Waals surface area contributed by atoms with Crippen molar-refractivity contribution in [2.24, 2.45) is 0 Å². The van der Waals surface area contributed by atoms with E-state index in [0.29, 0.717) is 12.1 Å². The van der Waals surface area contributed by atoms with E-state index in [4.69, 9.17) is 0 Å². The highest BCUT2D eigenvalue weighted by atomic mass is 127. The molecule has 14 heavy (non-hydrogen) atoms. The zero-order valence-electron chi connectivity index (χ0n) is 7.26. The summed E-state index contributed by atoms with van der Waals surface area (Å²) < 4.78 is 1.62. The van der Waals surface area contributed by atoms with Gasteiger partial charge in [0.1, 0.15) is 5.75 Å². The first-order valence-electron chi connectivity index (χ1n) is 3.98. The summed E-state index contributed by atoms with van der Waals surface area (Å²) >= 11 is 4.20. The number of phenolic OH excluding ortho intramolecular Hbond substituents is 1. The van der Waals surface area contributed by atoms with Crippen molar-refractivity contribution in [2.45, 2.75) is 0 Å². The highest BCUT2D eigenvalue weighted by Gasteiger charge is 2.06. The van der Waals surface area contributed by atoms with Crippen LogP contribution in [0.25, 0.3) is 0 Å². The number of carbonyl (C=O) groups excluding carboxylic acids is 1. The normalized spacial score (nSPS) is 9.86. The molecule has 0 spiro atoms. The molecule has 0 fully saturated rings. The molecule has 0 unspecified atom stereocenters. The van der Waals surface area contributed by atoms with E-state index in [1.807, 2.05) is 22.6 Å². The van der Waals surface area contributed by atoms with Crippen molar-refractivity contribution >= 4 is 51.1 Å². The van der Waals surface area contributed by atoms with Crippen molar-refractivity contribution in [1.82, 2.24) is 5.32 Å². The van der Waals surface area contributed by atoms with Crippen LogP contribution in [0.3, 0.4) is 0 Å². The van der Waals surface area contributed by atoms with Crippen LogP contribution in [-0.2, 0) is 0 Å². The van der Waals surface area contributed by atoms with Crippen LogP contribution in [0.4, 0.5) is 0 Å². The summed E-state index contributed by atoms with van der Waals surface area (Å²) in [5.41, 5.74) is 0.493. The third-order valence-electron chi connectivity index (χ3n) is 1.59. The van der Waals surface area contributed by atoms with Gasteiger partial charge in [-0.2, -0.15) is 0 Å². The van der Waals surface area contributed by atoms with Crippen molar-refractivity contribution in [3.63, 3.8) is 0 Å². The van der Waals surface area contributed by atoms with E-state index in [1.165, 1.54) is 6.07 Å². The zero-order chi connectivity index (χ0) is 10.6. The minimum absolute atomic E-state index is 0.145. The van der Waals surface area contributed by atoms with E-state index in [9.17, 15) is 9.90 Å². The Morgan fingerprint density at radius 1 is 1.50 bits per heavy atom. The van der Waals surface area contributed by atoms with Gasteiger partial charge < -0.3 is 10.4 Å². The van der Waals surface area contributed by atoms with Crippen LogP contribution in [0, 0.1) is 3.57 Å². The van der Waals surface area contributed by atoms with Crippen LogP contribution in [0.2, 0.25) is 0 Å². The number of rotatable bonds is 3. The molecule has 3 nitrogen and oxygen atoms in total. The monoisotopic (exact) mass is 417 g/mol. The molecular weight excluding hydrogens is 408 g/mol. The fraction of sp³-hybridized carbons (Fsp3) is 0.222. The van der Waals surface area contributed by atoms with Crippen LogP contribution < -0.4 is 5.32 Å². The Morgan fingerprint density at radius 2 is 2.21 bits per heavy atom. The molecule has 76 valence electrons. The third kappa shape index (κ3) is 3.26. The molecule has 0 atom stereocenters. The molecule has 5 heteroatoms. The fourth-order valence-corrected chi connectivity index (χ4v) is 1.52. The zero-order valence-corrected chi connectivity index (χ0v) is 11.6. The van der Waals surface area contributed by atoms with Gasteiger partial charge in [-0.3, -0.25) is 4.79 Å². The summed E-state index contributed by atoms with van der Waals surface area (Å²) in [5.74, 6) is 0.00101. The van der Waals surface area contributed by atoms with E-state index in [-0.39, 0.29) is 11.7 Å². The van der Waals surface area contributed by atoms with Crippen molar-refractivity contribution in [3.05, 3.63) is 27.3 Å². The SMILES string of the molecule is O=C(NCCI)c1ccc(I)c(O)c1. The summed E-state index contributed by atoms with van der Waals surface area (Å²) in [6, 6.07) is 4.89. The molecule has 0 aliphatic carbocycles. The van der Waals surface area contributed by atoms with Crippen molar-refractivity contribution < 1.29 is 9.90 Å². The lowest BCUT2D eigenvalue weighted by Gasteiger charge is -2.04. The highest BCUT2D eigenvalue weighted by Crippen LogP contribution is 2.20. The summed E-state index contributed by atoms with van der Waals surface area (Å²) in [5, 5.41) is 12.1. The average Bonchev–Trinajstić information content (AvgIpc) is 2.18. The first-order chi connectivity index (χ1) is 6.65. The van der Waals surface area contributed by atoms with Crippen molar-refractivity contribution in [1.29, 1.82) is 0 Å². The summed E-state index contributed by atoms with van der Waals surface area (Å²) in [6.45, 7) is 0.645. The quantitative estimate of drug-likeness (QED) is 0.586. The van der Waals surface area contributed by atoms with Crippen LogP contribution in [0.15, 0.2) is 18.2 Å². The minimum Gasteiger partial charge on any atom is -0.507 e. The van der Waals surface area contributed by atoms with Gasteiger partial charge in [0.25, 0.3) is 5.91 Å². The Balaban J connectivity index is 2.76. The smallest absolute Gasteiger partial charge is 0.251 e. The van der Waals surface area contributed by atoms with Gasteiger partial charge in [-0.25, -0.2) is 0 Å². The van der Waals surface area contributed by atoms with Gasteiger partial charge in [0.15, 0.2) is 0 Å². The second-order valence-corrected chi connectivity index (χ2v) is 4.85. The largest absolute Gasteiger partial charge is 0.507 e. The number of alkyl halides is 1. The third-order valence-corrected chi connectivity index (χ3v) is 3.04. The summed E-state index contributed by atoms with van der Waals surface area (Å²) in [6.07, 6.45) is 0. The number of aromatic hydroxyl groups is 1. The Hall–Kier alpha value is -0.0500. The first-order valence-corrected chi connectivity index (χ1v) is 6.58. The number of amides is 1. The lowest BCUT2D eigenvalue weighted by atomic mass is 10.2. The fourth-order valence-electron chi connectivity index (χ4n) is 0.917. The maximum Gasteiger partial charge on any atom is 0.251 e. The number of halogens is 2. The molecule has 1 aromatic rings.